The van der Waals surface area contributed by atoms with Gasteiger partial charge in [0.15, 0.2) is 22.4 Å². The molecule has 0 aromatic heterocycles. The lowest BCUT2D eigenvalue weighted by Gasteiger charge is -2.23. The molecule has 4 aromatic rings. The number of halogens is 10. The highest BCUT2D eigenvalue weighted by Crippen LogP contribution is 2.41. The fourth-order valence-electron chi connectivity index (χ4n) is 5.75. The van der Waals surface area contributed by atoms with Crippen LogP contribution in [0.2, 0.25) is 0 Å². The van der Waals surface area contributed by atoms with E-state index in [0.717, 1.165) is 40.0 Å². The summed E-state index contributed by atoms with van der Waals surface area (Å²) >= 11 is 17.8. The minimum atomic E-state index is -4.52. The molecule has 20 heteroatoms. The van der Waals surface area contributed by atoms with E-state index in [-0.39, 0.29) is 31.0 Å². The molecule has 58 heavy (non-hydrogen) atoms. The van der Waals surface area contributed by atoms with Gasteiger partial charge in [-0.15, -0.1) is 0 Å². The van der Waals surface area contributed by atoms with E-state index in [2.05, 4.69) is 80.6 Å². The Bertz CT molecular complexity index is 2230. The van der Waals surface area contributed by atoms with Crippen LogP contribution in [-0.4, -0.2) is 52.8 Å². The Morgan fingerprint density at radius 3 is 1.95 bits per heavy atom. The molecule has 0 fully saturated rings. The van der Waals surface area contributed by atoms with Gasteiger partial charge in [0, 0.05) is 17.5 Å². The maximum Gasteiger partial charge on any atom is 0.492 e. The maximum absolute atomic E-state index is 13.9. The van der Waals surface area contributed by atoms with Gasteiger partial charge in [-0.1, -0.05) is 58.2 Å². The molecule has 6 rings (SSSR count). The van der Waals surface area contributed by atoms with Crippen molar-refractivity contribution in [3.63, 3.8) is 0 Å². The zero-order chi connectivity index (χ0) is 43.0. The van der Waals surface area contributed by atoms with Crippen LogP contribution in [0.1, 0.15) is 74.4 Å². The Morgan fingerprint density at radius 2 is 1.45 bits per heavy atom. The predicted octanol–water partition coefficient (Wildman–Crippen LogP) is 9.53. The van der Waals surface area contributed by atoms with Crippen molar-refractivity contribution in [2.45, 2.75) is 64.0 Å². The van der Waals surface area contributed by atoms with Crippen molar-refractivity contribution in [3.8, 4) is 0 Å². The summed E-state index contributed by atoms with van der Waals surface area (Å²) in [5.74, 6) is -0.991. The summed E-state index contributed by atoms with van der Waals surface area (Å²) < 4.78 is 70.1. The normalized spacial score (nSPS) is 17.2. The van der Waals surface area contributed by atoms with E-state index in [1.54, 1.807) is 44.2 Å². The van der Waals surface area contributed by atoms with Gasteiger partial charge in [-0.2, -0.15) is 13.2 Å². The quantitative estimate of drug-likeness (QED) is 0.0457. The van der Waals surface area contributed by atoms with E-state index in [1.807, 2.05) is 39.0 Å². The third kappa shape index (κ3) is 11.4. The summed E-state index contributed by atoms with van der Waals surface area (Å²) in [6.45, 7) is 11.9. The number of rotatable bonds is 5. The number of oxime groups is 2. The molecule has 2 aliphatic heterocycles. The number of fused-ring (bicyclic) bond motifs is 1. The number of aliphatic hydroxyl groups is 1. The third-order valence-corrected chi connectivity index (χ3v) is 11.5. The highest BCUT2D eigenvalue weighted by Gasteiger charge is 2.42. The van der Waals surface area contributed by atoms with Crippen molar-refractivity contribution in [3.05, 3.63) is 130 Å². The first-order valence-corrected chi connectivity index (χ1v) is 20.1. The lowest BCUT2D eigenvalue weighted by Crippen LogP contribution is -2.28. The van der Waals surface area contributed by atoms with Crippen molar-refractivity contribution >= 4 is 118 Å². The van der Waals surface area contributed by atoms with Crippen LogP contribution in [0, 0.1) is 11.6 Å². The molecule has 308 valence electrons. The van der Waals surface area contributed by atoms with Crippen molar-refractivity contribution in [1.82, 2.24) is 0 Å². The molecule has 2 heterocycles. The van der Waals surface area contributed by atoms with Crippen molar-refractivity contribution in [2.75, 3.05) is 0 Å². The standard InChI is InChI=1S/C19H17BBr2FNO3.C10H11BClNO2.C9H4Br2F4.H2O/c1-18(2)12-6-10(4-5-13(12)20(25)26-18)16-9-19(3,27-24-16)11-7-14(21)17(23)15(22)8-11;1-10(2,14)7-5-6(9(12)13-15)3-4-8(7)11;1-4(9(13,14)15)5-2-6(10)8(12)7(11)3-5;/h4-8,25H,9H2,1-3H3;3-5,14-15H,1-2H3;2-3H,1H2;1H2. The molecule has 2 aliphatic rings. The van der Waals surface area contributed by atoms with Gasteiger partial charge in [0.1, 0.15) is 7.85 Å². The first-order valence-electron chi connectivity index (χ1n) is 16.5. The Morgan fingerprint density at radius 1 is 0.914 bits per heavy atom. The minimum Gasteiger partial charge on any atom is -0.423 e. The molecule has 0 saturated heterocycles. The summed E-state index contributed by atoms with van der Waals surface area (Å²) in [5.41, 5.74) is 2.26. The second kappa shape index (κ2) is 19.0. The summed E-state index contributed by atoms with van der Waals surface area (Å²) in [6, 6.07) is 16.1. The van der Waals surface area contributed by atoms with Crippen LogP contribution in [0.25, 0.3) is 5.57 Å². The smallest absolute Gasteiger partial charge is 0.423 e. The van der Waals surface area contributed by atoms with Crippen LogP contribution in [0.4, 0.5) is 22.0 Å². The van der Waals surface area contributed by atoms with Crippen LogP contribution in [0.15, 0.2) is 95.4 Å². The van der Waals surface area contributed by atoms with Crippen LogP contribution in [0.3, 0.4) is 0 Å². The van der Waals surface area contributed by atoms with Crippen LogP contribution < -0.4 is 10.9 Å². The van der Waals surface area contributed by atoms with E-state index in [0.29, 0.717) is 32.0 Å². The average molecular weight is 1090 g/mol. The van der Waals surface area contributed by atoms with Gasteiger partial charge in [-0.25, -0.2) is 8.78 Å². The van der Waals surface area contributed by atoms with Gasteiger partial charge in [0.05, 0.1) is 40.4 Å². The Hall–Kier alpha value is -2.61. The number of hydrogen-bond donors (Lipinski definition) is 3. The number of nitrogens with zero attached hydrogens (tertiary/aromatic N) is 2. The summed E-state index contributed by atoms with van der Waals surface area (Å²) in [7, 11) is 4.80. The summed E-state index contributed by atoms with van der Waals surface area (Å²) in [4.78, 5) is 5.78. The third-order valence-electron chi connectivity index (χ3n) is 8.88. The highest BCUT2D eigenvalue weighted by atomic mass is 79.9. The van der Waals surface area contributed by atoms with Gasteiger partial charge in [-0.3, -0.25) is 0 Å². The molecule has 0 saturated carbocycles. The second-order valence-corrected chi connectivity index (χ2v) is 17.8. The lowest BCUT2D eigenvalue weighted by atomic mass is 9.77. The first-order chi connectivity index (χ1) is 26.2. The molecule has 1 unspecified atom stereocenters. The molecule has 0 amide bonds. The van der Waals surface area contributed by atoms with E-state index in [1.165, 1.54) is 0 Å². The molecular formula is C38H34B2Br4ClF5N2O6. The fourth-order valence-corrected chi connectivity index (χ4v) is 8.24. The Labute approximate surface area is 371 Å². The molecule has 8 nitrogen and oxygen atoms in total. The monoisotopic (exact) mass is 1080 g/mol. The fraction of sp³-hybridized carbons (Fsp3) is 0.263. The van der Waals surface area contributed by atoms with Crippen molar-refractivity contribution in [2.24, 2.45) is 10.3 Å². The molecule has 0 spiro atoms. The second-order valence-electron chi connectivity index (χ2n) is 14.1. The van der Waals surface area contributed by atoms with Crippen molar-refractivity contribution in [1.29, 1.82) is 0 Å². The average Bonchev–Trinajstić information content (AvgIpc) is 3.64. The zero-order valence-electron chi connectivity index (χ0n) is 31.2. The van der Waals surface area contributed by atoms with Gasteiger partial charge < -0.3 is 30.3 Å². The van der Waals surface area contributed by atoms with Gasteiger partial charge in [-0.05, 0) is 162 Å². The molecular weight excluding hydrogens is 1050 g/mol. The lowest BCUT2D eigenvalue weighted by molar-refractivity contribution is -0.0686. The number of hydrogen-bond acceptors (Lipinski definition) is 7. The molecule has 0 bridgehead atoms. The summed E-state index contributed by atoms with van der Waals surface area (Å²) in [5, 5.41) is 35.5. The topological polar surface area (TPSA) is 135 Å². The van der Waals surface area contributed by atoms with E-state index in [4.69, 9.17) is 34.1 Å². The van der Waals surface area contributed by atoms with E-state index >= 15 is 0 Å². The minimum absolute atomic E-state index is 0. The van der Waals surface area contributed by atoms with E-state index < -0.39 is 41.5 Å². The summed E-state index contributed by atoms with van der Waals surface area (Å²) in [6.07, 6.45) is -3.98. The SMILES string of the molecule is C=C(c1cc(Br)c(F)c(Br)c1)C(F)(F)F.CC1(C)OB(O)c2ccc(C3=NOC(C)(c4cc(Br)c(F)c(Br)c4)C3)cc21.O.[B]c1ccc(C(Cl)=NO)cc1C(C)(C)O. The Kier molecular flexibility index (Phi) is 16.3. The molecule has 5 N–H and O–H groups in total. The van der Waals surface area contributed by atoms with Crippen molar-refractivity contribution < 1.29 is 52.3 Å². The van der Waals surface area contributed by atoms with Gasteiger partial charge in [0.25, 0.3) is 0 Å². The van der Waals surface area contributed by atoms with Crippen LogP contribution in [0.5, 0.6) is 0 Å². The number of allylic oxidation sites excluding steroid dienone is 1. The molecule has 4 aromatic carbocycles. The maximum atomic E-state index is 13.9. The molecule has 2 radical (unpaired) electrons. The zero-order valence-corrected chi connectivity index (χ0v) is 38.3. The highest BCUT2D eigenvalue weighted by molar-refractivity contribution is 9.11. The van der Waals surface area contributed by atoms with Crippen LogP contribution >= 0.6 is 75.3 Å². The Balaban J connectivity index is 0.000000250. The van der Waals surface area contributed by atoms with Crippen LogP contribution in [-0.2, 0) is 26.3 Å². The molecule has 1 atom stereocenters. The van der Waals surface area contributed by atoms with Gasteiger partial charge in [0.2, 0.25) is 0 Å². The van der Waals surface area contributed by atoms with Gasteiger partial charge >= 0.3 is 13.3 Å². The molecule has 0 aliphatic carbocycles. The largest absolute Gasteiger partial charge is 0.492 e. The number of alkyl halides is 3. The number of benzene rings is 4. The predicted molar refractivity (Wildman–Crippen MR) is 231 cm³/mol. The first kappa shape index (κ1) is 49.8. The van der Waals surface area contributed by atoms with E-state index in [9.17, 15) is 32.1 Å².